The summed E-state index contributed by atoms with van der Waals surface area (Å²) in [5.74, 6) is 3.21. The van der Waals surface area contributed by atoms with Crippen LogP contribution in [0.5, 0.6) is 0 Å². The van der Waals surface area contributed by atoms with Crippen molar-refractivity contribution in [1.29, 1.82) is 0 Å². The first-order valence-corrected chi connectivity index (χ1v) is 7.86. The van der Waals surface area contributed by atoms with Crippen LogP contribution in [0, 0.1) is 5.92 Å². The van der Waals surface area contributed by atoms with Crippen LogP contribution < -0.4 is 10.6 Å². The number of guanidine groups is 1. The molecule has 0 aromatic rings. The summed E-state index contributed by atoms with van der Waals surface area (Å²) >= 11 is 2.08. The van der Waals surface area contributed by atoms with Gasteiger partial charge < -0.3 is 10.6 Å². The molecule has 1 heterocycles. The smallest absolute Gasteiger partial charge is 0.191 e. The molecule has 5 heteroatoms. The SMILES string of the molecule is CCNC(=NCC1(C)CCCS1)NCC1CC1.I. The standard InChI is InChI=1S/C13H25N3S.HI/c1-3-14-12(15-9-11-5-6-11)16-10-13(2)7-4-8-17-13;/h11H,3-10H2,1-2H3,(H2,14,15,16);1H. The van der Waals surface area contributed by atoms with Crippen LogP contribution >= 0.6 is 35.7 Å². The third kappa shape index (κ3) is 5.55. The van der Waals surface area contributed by atoms with Crippen LogP contribution in [0.15, 0.2) is 4.99 Å². The van der Waals surface area contributed by atoms with E-state index >= 15 is 0 Å². The lowest BCUT2D eigenvalue weighted by atomic mass is 10.1. The first-order valence-electron chi connectivity index (χ1n) is 6.88. The number of hydrogen-bond donors (Lipinski definition) is 2. The fourth-order valence-corrected chi connectivity index (χ4v) is 3.34. The van der Waals surface area contributed by atoms with Crippen molar-refractivity contribution < 1.29 is 0 Å². The summed E-state index contributed by atoms with van der Waals surface area (Å²) in [6, 6.07) is 0. The molecule has 1 saturated carbocycles. The molecule has 2 rings (SSSR count). The highest BCUT2D eigenvalue weighted by Gasteiger charge is 2.29. The highest BCUT2D eigenvalue weighted by atomic mass is 127. The first kappa shape index (κ1) is 16.4. The van der Waals surface area contributed by atoms with Gasteiger partial charge in [0.25, 0.3) is 0 Å². The highest BCUT2D eigenvalue weighted by Crippen LogP contribution is 2.37. The van der Waals surface area contributed by atoms with Crippen LogP contribution in [0.3, 0.4) is 0 Å². The second-order valence-electron chi connectivity index (χ2n) is 5.42. The third-order valence-corrected chi connectivity index (χ3v) is 4.99. The Morgan fingerprint density at radius 2 is 2.17 bits per heavy atom. The molecule has 2 fully saturated rings. The van der Waals surface area contributed by atoms with Gasteiger partial charge in [-0.1, -0.05) is 0 Å². The Labute approximate surface area is 132 Å². The fraction of sp³-hybridized carbons (Fsp3) is 0.923. The number of thioether (sulfide) groups is 1. The molecular weight excluding hydrogens is 357 g/mol. The second-order valence-corrected chi connectivity index (χ2v) is 7.10. The van der Waals surface area contributed by atoms with E-state index in [1.54, 1.807) is 0 Å². The minimum atomic E-state index is 0. The lowest BCUT2D eigenvalue weighted by Gasteiger charge is -2.21. The van der Waals surface area contributed by atoms with E-state index in [2.05, 4.69) is 36.2 Å². The Kier molecular flexibility index (Phi) is 7.13. The Morgan fingerprint density at radius 3 is 2.72 bits per heavy atom. The van der Waals surface area contributed by atoms with E-state index in [-0.39, 0.29) is 24.0 Å². The molecule has 1 atom stereocenters. The van der Waals surface area contributed by atoms with Crippen molar-refractivity contribution in [3.8, 4) is 0 Å². The van der Waals surface area contributed by atoms with Gasteiger partial charge in [-0.3, -0.25) is 4.99 Å². The van der Waals surface area contributed by atoms with Crippen LogP contribution in [0.25, 0.3) is 0 Å². The van der Waals surface area contributed by atoms with Gasteiger partial charge in [0.2, 0.25) is 0 Å². The first-order chi connectivity index (χ1) is 8.22. The van der Waals surface area contributed by atoms with Gasteiger partial charge >= 0.3 is 0 Å². The van der Waals surface area contributed by atoms with E-state index in [1.165, 1.54) is 31.4 Å². The average Bonchev–Trinajstić information content (AvgIpc) is 3.05. The summed E-state index contributed by atoms with van der Waals surface area (Å²) < 4.78 is 0.377. The summed E-state index contributed by atoms with van der Waals surface area (Å²) in [5, 5.41) is 6.79. The molecule has 18 heavy (non-hydrogen) atoms. The molecule has 0 spiro atoms. The van der Waals surface area contributed by atoms with Gasteiger partial charge in [-0.15, -0.1) is 24.0 Å². The van der Waals surface area contributed by atoms with Crippen molar-refractivity contribution in [2.45, 2.75) is 44.3 Å². The minimum Gasteiger partial charge on any atom is -0.357 e. The molecule has 1 saturated heterocycles. The van der Waals surface area contributed by atoms with Gasteiger partial charge in [0, 0.05) is 17.8 Å². The zero-order chi connectivity index (χ0) is 12.1. The summed E-state index contributed by atoms with van der Waals surface area (Å²) in [6.45, 7) is 7.45. The molecule has 1 aliphatic carbocycles. The van der Waals surface area contributed by atoms with Crippen molar-refractivity contribution in [2.24, 2.45) is 10.9 Å². The maximum Gasteiger partial charge on any atom is 0.191 e. The van der Waals surface area contributed by atoms with E-state index in [1.807, 2.05) is 0 Å². The summed E-state index contributed by atoms with van der Waals surface area (Å²) in [7, 11) is 0. The van der Waals surface area contributed by atoms with E-state index in [4.69, 9.17) is 4.99 Å². The van der Waals surface area contributed by atoms with E-state index in [9.17, 15) is 0 Å². The Morgan fingerprint density at radius 1 is 1.39 bits per heavy atom. The molecule has 2 aliphatic rings. The quantitative estimate of drug-likeness (QED) is 0.436. The number of nitrogens with one attached hydrogen (secondary N) is 2. The molecule has 0 bridgehead atoms. The zero-order valence-electron chi connectivity index (χ0n) is 11.5. The highest BCUT2D eigenvalue weighted by molar-refractivity contribution is 14.0. The normalized spacial score (nSPS) is 27.8. The Balaban J connectivity index is 0.00000162. The molecule has 106 valence electrons. The van der Waals surface area contributed by atoms with Crippen LogP contribution in [-0.2, 0) is 0 Å². The fourth-order valence-electron chi connectivity index (χ4n) is 2.11. The van der Waals surface area contributed by atoms with Crippen molar-refractivity contribution in [2.75, 3.05) is 25.4 Å². The largest absolute Gasteiger partial charge is 0.357 e. The van der Waals surface area contributed by atoms with E-state index in [0.29, 0.717) is 4.75 Å². The molecule has 0 radical (unpaired) electrons. The molecule has 1 unspecified atom stereocenters. The summed E-state index contributed by atoms with van der Waals surface area (Å²) in [5.41, 5.74) is 0. The molecular formula is C13H26IN3S. The van der Waals surface area contributed by atoms with Crippen LogP contribution in [0.1, 0.15) is 39.5 Å². The van der Waals surface area contributed by atoms with Gasteiger partial charge in [0.05, 0.1) is 6.54 Å². The number of rotatable bonds is 5. The van der Waals surface area contributed by atoms with Crippen LogP contribution in [0.2, 0.25) is 0 Å². The van der Waals surface area contributed by atoms with Crippen molar-refractivity contribution in [3.05, 3.63) is 0 Å². The van der Waals surface area contributed by atoms with Crippen molar-refractivity contribution in [3.63, 3.8) is 0 Å². The lowest BCUT2D eigenvalue weighted by molar-refractivity contribution is 0.613. The van der Waals surface area contributed by atoms with Crippen molar-refractivity contribution in [1.82, 2.24) is 10.6 Å². The van der Waals surface area contributed by atoms with Crippen LogP contribution in [-0.4, -0.2) is 36.1 Å². The molecule has 0 aromatic heterocycles. The molecule has 3 nitrogen and oxygen atoms in total. The number of aliphatic imine (C=N–C) groups is 1. The van der Waals surface area contributed by atoms with Gasteiger partial charge in [-0.2, -0.15) is 11.8 Å². The monoisotopic (exact) mass is 383 g/mol. The molecule has 0 amide bonds. The maximum atomic E-state index is 4.74. The van der Waals surface area contributed by atoms with Crippen molar-refractivity contribution >= 4 is 41.7 Å². The number of nitrogens with zero attached hydrogens (tertiary/aromatic N) is 1. The molecule has 0 aromatic carbocycles. The third-order valence-electron chi connectivity index (χ3n) is 3.47. The average molecular weight is 383 g/mol. The second kappa shape index (κ2) is 7.82. The Bertz CT molecular complexity index is 273. The predicted molar refractivity (Wildman–Crippen MR) is 92.2 cm³/mol. The predicted octanol–water partition coefficient (Wildman–Crippen LogP) is 2.86. The minimum absolute atomic E-state index is 0. The number of hydrogen-bond acceptors (Lipinski definition) is 2. The van der Waals surface area contributed by atoms with Gasteiger partial charge in [-0.05, 0) is 51.2 Å². The van der Waals surface area contributed by atoms with E-state index in [0.717, 1.165) is 31.5 Å². The van der Waals surface area contributed by atoms with Crippen LogP contribution in [0.4, 0.5) is 0 Å². The molecule has 2 N–H and O–H groups in total. The zero-order valence-corrected chi connectivity index (χ0v) is 14.6. The summed E-state index contributed by atoms with van der Waals surface area (Å²) in [4.78, 5) is 4.74. The van der Waals surface area contributed by atoms with Gasteiger partial charge in [0.1, 0.15) is 0 Å². The molecule has 1 aliphatic heterocycles. The van der Waals surface area contributed by atoms with Gasteiger partial charge in [-0.25, -0.2) is 0 Å². The maximum absolute atomic E-state index is 4.74. The number of halogens is 1. The van der Waals surface area contributed by atoms with E-state index < -0.39 is 0 Å². The topological polar surface area (TPSA) is 36.4 Å². The summed E-state index contributed by atoms with van der Waals surface area (Å²) in [6.07, 6.45) is 5.44. The lowest BCUT2D eigenvalue weighted by Crippen LogP contribution is -2.39. The van der Waals surface area contributed by atoms with Gasteiger partial charge in [0.15, 0.2) is 5.96 Å². The Hall–Kier alpha value is 0.350.